The average Bonchev–Trinajstić information content (AvgIpc) is 3.03. The van der Waals surface area contributed by atoms with E-state index in [-0.39, 0.29) is 23.2 Å². The maximum Gasteiger partial charge on any atom is 0.230 e. The number of H-pyrrole nitrogens is 1. The van der Waals surface area contributed by atoms with E-state index in [9.17, 15) is 4.79 Å². The molecule has 0 radical (unpaired) electrons. The molecule has 28 heavy (non-hydrogen) atoms. The van der Waals surface area contributed by atoms with Crippen molar-refractivity contribution in [1.82, 2.24) is 25.1 Å². The number of halogens is 1. The molecule has 0 spiro atoms. The van der Waals surface area contributed by atoms with E-state index in [0.717, 1.165) is 23.4 Å². The lowest BCUT2D eigenvalue weighted by molar-refractivity contribution is -0.119. The lowest BCUT2D eigenvalue weighted by Crippen LogP contribution is -2.33. The number of hydrogen-bond acceptors (Lipinski definition) is 5. The highest BCUT2D eigenvalue weighted by Gasteiger charge is 2.17. The molecule has 9 heteroatoms. The van der Waals surface area contributed by atoms with Gasteiger partial charge in [0.15, 0.2) is 10.8 Å². The fraction of sp³-hybridized carbons (Fsp3) is 0.368. The topological polar surface area (TPSA) is 99.5 Å². The van der Waals surface area contributed by atoms with Gasteiger partial charge in [0.05, 0.1) is 11.1 Å². The normalized spacial score (nSPS) is 12.3. The Balaban J connectivity index is 2.06. The van der Waals surface area contributed by atoms with E-state index >= 15 is 0 Å². The Morgan fingerprint density at radius 3 is 2.86 bits per heavy atom. The summed E-state index contributed by atoms with van der Waals surface area (Å²) < 4.78 is 1.73. The van der Waals surface area contributed by atoms with Gasteiger partial charge in [-0.2, -0.15) is 5.10 Å². The number of aryl methyl sites for hydroxylation is 2. The number of carbonyl (C=O) groups is 1. The predicted molar refractivity (Wildman–Crippen MR) is 112 cm³/mol. The third-order valence-corrected chi connectivity index (χ3v) is 5.90. The van der Waals surface area contributed by atoms with Crippen molar-refractivity contribution in [3.05, 3.63) is 40.0 Å². The highest BCUT2D eigenvalue weighted by molar-refractivity contribution is 7.99. The summed E-state index contributed by atoms with van der Waals surface area (Å²) in [5.41, 5.74) is 3.18. The molecule has 7 nitrogen and oxygen atoms in total. The molecule has 1 atom stereocenters. The van der Waals surface area contributed by atoms with Gasteiger partial charge < -0.3 is 5.32 Å². The lowest BCUT2D eigenvalue weighted by Gasteiger charge is -2.15. The van der Waals surface area contributed by atoms with Crippen molar-refractivity contribution in [2.24, 2.45) is 0 Å². The largest absolute Gasteiger partial charge is 0.353 e. The number of thioether (sulfide) groups is 1. The Labute approximate surface area is 172 Å². The van der Waals surface area contributed by atoms with Crippen molar-refractivity contribution in [2.45, 2.75) is 45.3 Å². The number of nitrogens with zero attached hydrogens (tertiary/aromatic N) is 3. The molecule has 0 unspecified atom stereocenters. The minimum Gasteiger partial charge on any atom is -0.353 e. The van der Waals surface area contributed by atoms with Crippen LogP contribution >= 0.6 is 23.4 Å². The minimum atomic E-state index is -0.0650. The summed E-state index contributed by atoms with van der Waals surface area (Å²) >= 11 is 7.45. The molecule has 148 valence electrons. The van der Waals surface area contributed by atoms with Crippen molar-refractivity contribution in [2.75, 3.05) is 5.75 Å². The monoisotopic (exact) mass is 418 g/mol. The van der Waals surface area contributed by atoms with Crippen molar-refractivity contribution >= 4 is 40.3 Å². The summed E-state index contributed by atoms with van der Waals surface area (Å²) in [6.07, 6.45) is 0.869. The lowest BCUT2D eigenvalue weighted by atomic mass is 10.2. The van der Waals surface area contributed by atoms with Crippen molar-refractivity contribution in [1.29, 1.82) is 5.41 Å². The maximum atomic E-state index is 12.2. The zero-order valence-electron chi connectivity index (χ0n) is 16.3. The van der Waals surface area contributed by atoms with Gasteiger partial charge in [0, 0.05) is 22.4 Å². The van der Waals surface area contributed by atoms with Gasteiger partial charge >= 0.3 is 0 Å². The fourth-order valence-electron chi connectivity index (χ4n) is 2.78. The number of nitrogens with one attached hydrogen (secondary N) is 3. The summed E-state index contributed by atoms with van der Waals surface area (Å²) in [5.74, 6) is 0.142. The van der Waals surface area contributed by atoms with Gasteiger partial charge in [-0.3, -0.25) is 19.9 Å². The summed E-state index contributed by atoms with van der Waals surface area (Å²) in [7, 11) is 0. The molecule has 1 aromatic carbocycles. The number of amides is 1. The van der Waals surface area contributed by atoms with Crippen LogP contribution in [0, 0.1) is 19.3 Å². The molecule has 2 aromatic heterocycles. The second kappa shape index (κ2) is 8.36. The zero-order valence-corrected chi connectivity index (χ0v) is 17.8. The van der Waals surface area contributed by atoms with Crippen LogP contribution in [0.5, 0.6) is 0 Å². The Bertz CT molecular complexity index is 1090. The molecule has 0 fully saturated rings. The molecule has 0 aliphatic rings. The number of carbonyl (C=O) groups excluding carboxylic acids is 1. The second-order valence-corrected chi connectivity index (χ2v) is 8.07. The van der Waals surface area contributed by atoms with Gasteiger partial charge in [-0.1, -0.05) is 30.3 Å². The summed E-state index contributed by atoms with van der Waals surface area (Å²) in [5, 5.41) is 20.6. The van der Waals surface area contributed by atoms with Gasteiger partial charge in [0.1, 0.15) is 5.49 Å². The van der Waals surface area contributed by atoms with E-state index < -0.39 is 0 Å². The average molecular weight is 419 g/mol. The van der Waals surface area contributed by atoms with Gasteiger partial charge in [-0.05, 0) is 51.0 Å². The molecule has 0 aliphatic heterocycles. The van der Waals surface area contributed by atoms with Crippen LogP contribution < -0.4 is 10.8 Å². The molecular formula is C19H23ClN6OS. The van der Waals surface area contributed by atoms with E-state index in [1.54, 1.807) is 10.6 Å². The zero-order chi connectivity index (χ0) is 20.4. The molecule has 0 bridgehead atoms. The number of rotatable bonds is 6. The molecular weight excluding hydrogens is 396 g/mol. The number of hydrogen-bond donors (Lipinski definition) is 3. The number of aromatic amines is 1. The van der Waals surface area contributed by atoms with E-state index in [1.807, 2.05) is 39.8 Å². The maximum absolute atomic E-state index is 12.2. The minimum absolute atomic E-state index is 0.0650. The highest BCUT2D eigenvalue weighted by Crippen LogP contribution is 2.24. The summed E-state index contributed by atoms with van der Waals surface area (Å²) in [6, 6.07) is 5.68. The molecule has 1 amide bonds. The first-order chi connectivity index (χ1) is 13.3. The Kier molecular flexibility index (Phi) is 6.10. The van der Waals surface area contributed by atoms with E-state index in [1.165, 1.54) is 11.8 Å². The van der Waals surface area contributed by atoms with Gasteiger partial charge in [0.2, 0.25) is 5.91 Å². The van der Waals surface area contributed by atoms with Crippen LogP contribution in [0.1, 0.15) is 31.5 Å². The van der Waals surface area contributed by atoms with Crippen molar-refractivity contribution in [3.63, 3.8) is 0 Å². The van der Waals surface area contributed by atoms with Crippen LogP contribution in [-0.2, 0) is 4.79 Å². The third-order valence-electron chi connectivity index (χ3n) is 4.53. The first-order valence-corrected chi connectivity index (χ1v) is 10.4. The van der Waals surface area contributed by atoms with Crippen LogP contribution in [0.4, 0.5) is 0 Å². The van der Waals surface area contributed by atoms with E-state index in [4.69, 9.17) is 17.0 Å². The van der Waals surface area contributed by atoms with Crippen LogP contribution in [-0.4, -0.2) is 37.5 Å². The quantitative estimate of drug-likeness (QED) is 0.421. The Morgan fingerprint density at radius 2 is 2.18 bits per heavy atom. The first-order valence-electron chi connectivity index (χ1n) is 9.02. The number of aromatic nitrogens is 4. The molecule has 0 aliphatic carbocycles. The Morgan fingerprint density at radius 1 is 1.43 bits per heavy atom. The third kappa shape index (κ3) is 4.07. The van der Waals surface area contributed by atoms with Crippen molar-refractivity contribution < 1.29 is 4.79 Å². The smallest absolute Gasteiger partial charge is 0.230 e. The van der Waals surface area contributed by atoms with E-state index in [0.29, 0.717) is 21.2 Å². The van der Waals surface area contributed by atoms with Gasteiger partial charge in [0.25, 0.3) is 0 Å². The number of benzene rings is 1. The first kappa shape index (κ1) is 20.4. The van der Waals surface area contributed by atoms with Gasteiger partial charge in [-0.25, -0.2) is 4.98 Å². The standard InChI is InChI=1S/C19H23ClN6OS/c1-5-11(3)22-15(27)9-28-19-23-18-16(12(4)24-25-18)17(21)26(19)13-6-7-14(20)10(2)8-13/h6-8,11,21H,5,9H2,1-4H3,(H,22,27)(H,24,25)/t11-/m1/s1. The Hall–Kier alpha value is -2.32. The number of fused-ring (bicyclic) bond motifs is 1. The molecule has 3 aromatic rings. The van der Waals surface area contributed by atoms with Crippen LogP contribution in [0.2, 0.25) is 5.02 Å². The molecule has 2 heterocycles. The summed E-state index contributed by atoms with van der Waals surface area (Å²) in [4.78, 5) is 16.8. The van der Waals surface area contributed by atoms with Crippen LogP contribution in [0.25, 0.3) is 16.7 Å². The molecule has 3 N–H and O–H groups in total. The predicted octanol–water partition coefficient (Wildman–Crippen LogP) is 3.51. The van der Waals surface area contributed by atoms with Crippen LogP contribution in [0.3, 0.4) is 0 Å². The SMILES string of the molecule is CC[C@@H](C)NC(=O)CSc1nc2n[nH]c(C)c2c(=N)n1-c1ccc(Cl)c(C)c1. The van der Waals surface area contributed by atoms with E-state index in [2.05, 4.69) is 20.5 Å². The fourth-order valence-corrected chi connectivity index (χ4v) is 3.72. The highest BCUT2D eigenvalue weighted by atomic mass is 35.5. The van der Waals surface area contributed by atoms with Crippen molar-refractivity contribution in [3.8, 4) is 5.69 Å². The molecule has 0 saturated carbocycles. The van der Waals surface area contributed by atoms with Gasteiger partial charge in [-0.15, -0.1) is 0 Å². The second-order valence-electron chi connectivity index (χ2n) is 6.72. The summed E-state index contributed by atoms with van der Waals surface area (Å²) in [6.45, 7) is 7.77. The van der Waals surface area contributed by atoms with Crippen LogP contribution in [0.15, 0.2) is 23.4 Å². The molecule has 3 rings (SSSR count). The molecule has 0 saturated heterocycles.